The Kier molecular flexibility index (Phi) is 4.66. The molecule has 0 aliphatic rings. The number of rotatable bonds is 4. The molecule has 1 atom stereocenters. The zero-order valence-corrected chi connectivity index (χ0v) is 9.37. The first-order valence-corrected chi connectivity index (χ1v) is 5.28. The summed E-state index contributed by atoms with van der Waals surface area (Å²) < 4.78 is 13.0. The molecule has 1 aromatic rings. The molecule has 1 rings (SSSR count). The van der Waals surface area contributed by atoms with E-state index < -0.39 is 0 Å². The number of halogens is 3. The van der Waals surface area contributed by atoms with Crippen LogP contribution in [0.3, 0.4) is 0 Å². The van der Waals surface area contributed by atoms with Gasteiger partial charge in [-0.1, -0.05) is 17.7 Å². The molecule has 4 heteroatoms. The average molecular weight is 236 g/mol. The van der Waals surface area contributed by atoms with E-state index in [1.54, 1.807) is 12.1 Å². The van der Waals surface area contributed by atoms with Crippen molar-refractivity contribution in [1.82, 2.24) is 5.32 Å². The fourth-order valence-corrected chi connectivity index (χ4v) is 1.22. The predicted octanol–water partition coefficient (Wildman–Crippen LogP) is 3.20. The second-order valence-corrected chi connectivity index (χ2v) is 3.90. The molecule has 1 unspecified atom stereocenters. The molecule has 0 saturated heterocycles. The van der Waals surface area contributed by atoms with Crippen molar-refractivity contribution in [3.63, 3.8) is 0 Å². The highest BCUT2D eigenvalue weighted by atomic mass is 35.5. The third-order valence-corrected chi connectivity index (χ3v) is 2.64. The van der Waals surface area contributed by atoms with Crippen molar-refractivity contribution >= 4 is 23.2 Å². The number of hydrogen-bond donors (Lipinski definition) is 1. The molecule has 0 amide bonds. The zero-order chi connectivity index (χ0) is 10.6. The standard InChI is InChI=1S/C10H12Cl2FN/c1-7(5-11)14-6-8-2-3-9(12)10(13)4-8/h2-4,7,14H,5-6H2,1H3. The van der Waals surface area contributed by atoms with Crippen molar-refractivity contribution in [2.24, 2.45) is 0 Å². The first kappa shape index (κ1) is 11.8. The Hall–Kier alpha value is -0.310. The van der Waals surface area contributed by atoms with Crippen LogP contribution in [-0.4, -0.2) is 11.9 Å². The Balaban J connectivity index is 2.55. The van der Waals surface area contributed by atoms with E-state index >= 15 is 0 Å². The molecule has 0 aliphatic carbocycles. The van der Waals surface area contributed by atoms with E-state index in [9.17, 15) is 4.39 Å². The van der Waals surface area contributed by atoms with Gasteiger partial charge in [0, 0.05) is 18.5 Å². The van der Waals surface area contributed by atoms with Crippen LogP contribution in [0, 0.1) is 5.82 Å². The highest BCUT2D eigenvalue weighted by Crippen LogP contribution is 2.15. The zero-order valence-electron chi connectivity index (χ0n) is 7.86. The topological polar surface area (TPSA) is 12.0 Å². The molecule has 0 radical (unpaired) electrons. The van der Waals surface area contributed by atoms with E-state index in [-0.39, 0.29) is 16.9 Å². The molecular weight excluding hydrogens is 224 g/mol. The van der Waals surface area contributed by atoms with Gasteiger partial charge in [0.2, 0.25) is 0 Å². The third-order valence-electron chi connectivity index (χ3n) is 1.87. The molecular formula is C10H12Cl2FN. The van der Waals surface area contributed by atoms with Crippen LogP contribution in [-0.2, 0) is 6.54 Å². The van der Waals surface area contributed by atoms with Crippen molar-refractivity contribution in [3.05, 3.63) is 34.6 Å². The van der Waals surface area contributed by atoms with Gasteiger partial charge in [0.25, 0.3) is 0 Å². The molecule has 1 N–H and O–H groups in total. The van der Waals surface area contributed by atoms with Crippen molar-refractivity contribution in [3.8, 4) is 0 Å². The average Bonchev–Trinajstić information content (AvgIpc) is 2.19. The lowest BCUT2D eigenvalue weighted by Crippen LogP contribution is -2.26. The van der Waals surface area contributed by atoms with Crippen LogP contribution in [0.4, 0.5) is 4.39 Å². The monoisotopic (exact) mass is 235 g/mol. The van der Waals surface area contributed by atoms with E-state index in [0.29, 0.717) is 12.4 Å². The second-order valence-electron chi connectivity index (χ2n) is 3.18. The van der Waals surface area contributed by atoms with Crippen LogP contribution in [0.5, 0.6) is 0 Å². The molecule has 78 valence electrons. The van der Waals surface area contributed by atoms with Gasteiger partial charge in [0.15, 0.2) is 0 Å². The minimum Gasteiger partial charge on any atom is -0.309 e. The van der Waals surface area contributed by atoms with Gasteiger partial charge in [0.05, 0.1) is 5.02 Å². The molecule has 0 aromatic heterocycles. The third kappa shape index (κ3) is 3.45. The van der Waals surface area contributed by atoms with Crippen molar-refractivity contribution in [2.45, 2.75) is 19.5 Å². The number of nitrogens with one attached hydrogen (secondary N) is 1. The van der Waals surface area contributed by atoms with Gasteiger partial charge in [-0.3, -0.25) is 0 Å². The SMILES string of the molecule is CC(CCl)NCc1ccc(Cl)c(F)c1. The summed E-state index contributed by atoms with van der Waals surface area (Å²) in [6, 6.07) is 4.99. The van der Waals surface area contributed by atoms with Gasteiger partial charge in [0.1, 0.15) is 5.82 Å². The molecule has 0 fully saturated rings. The Bertz CT molecular complexity index is 304. The summed E-state index contributed by atoms with van der Waals surface area (Å²) in [5.74, 6) is 0.153. The van der Waals surface area contributed by atoms with E-state index in [1.165, 1.54) is 6.07 Å². The Morgan fingerprint density at radius 1 is 1.50 bits per heavy atom. The van der Waals surface area contributed by atoms with Crippen LogP contribution >= 0.6 is 23.2 Å². The largest absolute Gasteiger partial charge is 0.309 e. The molecule has 0 spiro atoms. The summed E-state index contributed by atoms with van der Waals surface area (Å²) in [7, 11) is 0. The second kappa shape index (κ2) is 5.54. The van der Waals surface area contributed by atoms with Crippen LogP contribution in [0.15, 0.2) is 18.2 Å². The van der Waals surface area contributed by atoms with Gasteiger partial charge < -0.3 is 5.32 Å². The molecule has 0 bridgehead atoms. The first-order valence-electron chi connectivity index (χ1n) is 4.36. The van der Waals surface area contributed by atoms with Gasteiger partial charge in [-0.05, 0) is 24.6 Å². The van der Waals surface area contributed by atoms with Gasteiger partial charge >= 0.3 is 0 Å². The normalized spacial score (nSPS) is 12.9. The van der Waals surface area contributed by atoms with Crippen molar-refractivity contribution in [1.29, 1.82) is 0 Å². The minimum absolute atomic E-state index is 0.152. The van der Waals surface area contributed by atoms with E-state index in [4.69, 9.17) is 23.2 Å². The lowest BCUT2D eigenvalue weighted by atomic mass is 10.2. The maximum atomic E-state index is 13.0. The summed E-state index contributed by atoms with van der Waals surface area (Å²) >= 11 is 11.2. The fourth-order valence-electron chi connectivity index (χ4n) is 0.996. The Labute approximate surface area is 93.2 Å². The Morgan fingerprint density at radius 2 is 2.21 bits per heavy atom. The smallest absolute Gasteiger partial charge is 0.142 e. The fraction of sp³-hybridized carbons (Fsp3) is 0.400. The van der Waals surface area contributed by atoms with Crippen molar-refractivity contribution < 1.29 is 4.39 Å². The quantitative estimate of drug-likeness (QED) is 0.791. The molecule has 14 heavy (non-hydrogen) atoms. The van der Waals surface area contributed by atoms with Crippen molar-refractivity contribution in [2.75, 3.05) is 5.88 Å². The maximum Gasteiger partial charge on any atom is 0.142 e. The molecule has 0 aliphatic heterocycles. The maximum absolute atomic E-state index is 13.0. The molecule has 0 heterocycles. The van der Waals surface area contributed by atoms with Crippen LogP contribution in [0.2, 0.25) is 5.02 Å². The van der Waals surface area contributed by atoms with E-state index in [0.717, 1.165) is 5.56 Å². The van der Waals surface area contributed by atoms with Gasteiger partial charge in [-0.25, -0.2) is 4.39 Å². The first-order chi connectivity index (χ1) is 6.63. The van der Waals surface area contributed by atoms with E-state index in [1.807, 2.05) is 6.92 Å². The number of alkyl halides is 1. The Morgan fingerprint density at radius 3 is 2.79 bits per heavy atom. The number of benzene rings is 1. The minimum atomic E-state index is -0.385. The number of hydrogen-bond acceptors (Lipinski definition) is 1. The highest BCUT2D eigenvalue weighted by Gasteiger charge is 2.02. The van der Waals surface area contributed by atoms with E-state index in [2.05, 4.69) is 5.32 Å². The molecule has 1 aromatic carbocycles. The van der Waals surface area contributed by atoms with Gasteiger partial charge in [-0.15, -0.1) is 11.6 Å². The summed E-state index contributed by atoms with van der Waals surface area (Å²) in [6.45, 7) is 2.57. The van der Waals surface area contributed by atoms with Crippen LogP contribution < -0.4 is 5.32 Å². The molecule has 1 nitrogen and oxygen atoms in total. The lowest BCUT2D eigenvalue weighted by molar-refractivity contribution is 0.585. The predicted molar refractivity (Wildman–Crippen MR) is 58.4 cm³/mol. The summed E-state index contributed by atoms with van der Waals surface area (Å²) in [6.07, 6.45) is 0. The van der Waals surface area contributed by atoms with Gasteiger partial charge in [-0.2, -0.15) is 0 Å². The summed E-state index contributed by atoms with van der Waals surface area (Å²) in [4.78, 5) is 0. The summed E-state index contributed by atoms with van der Waals surface area (Å²) in [5, 5.41) is 3.31. The highest BCUT2D eigenvalue weighted by molar-refractivity contribution is 6.30. The summed E-state index contributed by atoms with van der Waals surface area (Å²) in [5.41, 5.74) is 0.865. The van der Waals surface area contributed by atoms with Crippen LogP contribution in [0.1, 0.15) is 12.5 Å². The van der Waals surface area contributed by atoms with Crippen LogP contribution in [0.25, 0.3) is 0 Å². The lowest BCUT2D eigenvalue weighted by Gasteiger charge is -2.10. The molecule has 0 saturated carbocycles.